The van der Waals surface area contributed by atoms with Gasteiger partial charge >= 0.3 is 6.09 Å². The van der Waals surface area contributed by atoms with E-state index in [-0.39, 0.29) is 48.9 Å². The molecule has 2 saturated heterocycles. The van der Waals surface area contributed by atoms with E-state index in [0.29, 0.717) is 29.1 Å². The fourth-order valence-corrected chi connectivity index (χ4v) is 6.01. The highest BCUT2D eigenvalue weighted by molar-refractivity contribution is 7.89. The van der Waals surface area contributed by atoms with Crippen molar-refractivity contribution >= 4 is 39.2 Å². The molecule has 2 aromatic rings. The van der Waals surface area contributed by atoms with E-state index < -0.39 is 21.7 Å². The Morgan fingerprint density at radius 1 is 1.10 bits per heavy atom. The van der Waals surface area contributed by atoms with Crippen LogP contribution in [0.2, 0.25) is 5.02 Å². The second kappa shape index (κ2) is 11.5. The van der Waals surface area contributed by atoms with Gasteiger partial charge in [0.05, 0.1) is 17.7 Å². The van der Waals surface area contributed by atoms with Crippen LogP contribution in [-0.2, 0) is 19.6 Å². The number of nitrogens with zero attached hydrogens (tertiary/aromatic N) is 3. The number of halogens is 1. The molecule has 0 spiro atoms. The number of rotatable bonds is 6. The monoisotopic (exact) mass is 576 g/mol. The molecule has 2 aliphatic heterocycles. The second-order valence-corrected chi connectivity index (χ2v) is 12.7. The van der Waals surface area contributed by atoms with Crippen molar-refractivity contribution in [2.24, 2.45) is 0 Å². The summed E-state index contributed by atoms with van der Waals surface area (Å²) in [6, 6.07) is 9.80. The molecule has 10 nitrogen and oxygen atoms in total. The van der Waals surface area contributed by atoms with Crippen molar-refractivity contribution in [2.75, 3.05) is 33.3 Å². The first-order chi connectivity index (χ1) is 18.4. The largest absolute Gasteiger partial charge is 0.480 e. The zero-order valence-electron chi connectivity index (χ0n) is 22.4. The first-order valence-electron chi connectivity index (χ1n) is 12.7. The number of sulfonamides is 1. The van der Waals surface area contributed by atoms with Crippen molar-refractivity contribution < 1.29 is 27.5 Å². The van der Waals surface area contributed by atoms with Crippen LogP contribution in [-0.4, -0.2) is 79.5 Å². The molecule has 2 aliphatic rings. The molecular formula is C27H33ClN4O6S. The normalized spacial score (nSPS) is 19.1. The molecule has 0 bridgehead atoms. The number of carbonyl (C=O) groups excluding carboxylic acids is 2. The topological polar surface area (TPSA) is 118 Å². The Kier molecular flexibility index (Phi) is 8.53. The van der Waals surface area contributed by atoms with Gasteiger partial charge < -0.3 is 19.7 Å². The van der Waals surface area contributed by atoms with E-state index in [1.165, 1.54) is 16.3 Å². The maximum Gasteiger partial charge on any atom is 0.410 e. The lowest BCUT2D eigenvalue weighted by atomic mass is 9.99. The number of hydrogen-bond donors (Lipinski definition) is 1. The Balaban J connectivity index is 1.55. The predicted molar refractivity (Wildman–Crippen MR) is 147 cm³/mol. The molecule has 4 rings (SSSR count). The van der Waals surface area contributed by atoms with Crippen LogP contribution in [0.5, 0.6) is 5.88 Å². The molecule has 0 aliphatic carbocycles. The molecule has 0 radical (unpaired) electrons. The van der Waals surface area contributed by atoms with Gasteiger partial charge in [-0.3, -0.25) is 4.79 Å². The molecule has 1 aromatic heterocycles. The summed E-state index contributed by atoms with van der Waals surface area (Å²) in [6.45, 7) is 6.21. The van der Waals surface area contributed by atoms with Crippen LogP contribution in [0.25, 0.3) is 5.57 Å². The van der Waals surface area contributed by atoms with E-state index >= 15 is 0 Å². The second-order valence-electron chi connectivity index (χ2n) is 10.4. The average Bonchev–Trinajstić information content (AvgIpc) is 3.31. The van der Waals surface area contributed by atoms with Gasteiger partial charge in [-0.05, 0) is 57.0 Å². The average molecular weight is 577 g/mol. The summed E-state index contributed by atoms with van der Waals surface area (Å²) in [5, 5.41) is 3.29. The zero-order chi connectivity index (χ0) is 28.4. The maximum atomic E-state index is 13.4. The summed E-state index contributed by atoms with van der Waals surface area (Å²) in [5.41, 5.74) is 1.39. The smallest absolute Gasteiger partial charge is 0.410 e. The van der Waals surface area contributed by atoms with Crippen LogP contribution in [0.1, 0.15) is 44.9 Å². The number of benzene rings is 1. The van der Waals surface area contributed by atoms with Crippen LogP contribution in [0.4, 0.5) is 4.79 Å². The van der Waals surface area contributed by atoms with Gasteiger partial charge in [-0.2, -0.15) is 4.31 Å². The number of aromatic nitrogens is 1. The van der Waals surface area contributed by atoms with Gasteiger partial charge in [0, 0.05) is 44.2 Å². The Morgan fingerprint density at radius 2 is 1.77 bits per heavy atom. The summed E-state index contributed by atoms with van der Waals surface area (Å²) in [6.07, 6.45) is 2.55. The third-order valence-electron chi connectivity index (χ3n) is 6.37. The quantitative estimate of drug-likeness (QED) is 0.557. The number of ether oxygens (including phenoxy) is 2. The number of amides is 2. The number of pyridine rings is 1. The molecule has 0 unspecified atom stereocenters. The van der Waals surface area contributed by atoms with E-state index in [4.69, 9.17) is 21.1 Å². The van der Waals surface area contributed by atoms with Gasteiger partial charge in [0.1, 0.15) is 10.6 Å². The molecule has 1 N–H and O–H groups in total. The van der Waals surface area contributed by atoms with Crippen LogP contribution < -0.4 is 10.1 Å². The van der Waals surface area contributed by atoms with E-state index in [1.54, 1.807) is 57.2 Å². The summed E-state index contributed by atoms with van der Waals surface area (Å²) < 4.78 is 38.8. The molecule has 39 heavy (non-hydrogen) atoms. The molecule has 0 saturated carbocycles. The zero-order valence-corrected chi connectivity index (χ0v) is 24.0. The Morgan fingerprint density at radius 3 is 2.33 bits per heavy atom. The van der Waals surface area contributed by atoms with Gasteiger partial charge in [0.15, 0.2) is 0 Å². The molecule has 2 fully saturated rings. The van der Waals surface area contributed by atoms with E-state index in [1.807, 2.05) is 6.08 Å². The summed E-state index contributed by atoms with van der Waals surface area (Å²) in [7, 11) is -2.30. The number of methoxy groups -OCH3 is 1. The van der Waals surface area contributed by atoms with Crippen molar-refractivity contribution in [3.05, 3.63) is 58.8 Å². The highest BCUT2D eigenvalue weighted by Gasteiger charge is 2.32. The minimum absolute atomic E-state index is 0.0227. The van der Waals surface area contributed by atoms with E-state index in [0.717, 1.165) is 5.56 Å². The SMILES string of the molecule is COc1nc(C(=C[C@H]2CCC(=O)N2)c2ccc(S(=O)(=O)N3CCN(C(=O)OC(C)(C)C)CC3)cc2)ccc1Cl. The molecule has 2 amide bonds. The maximum absolute atomic E-state index is 13.4. The minimum atomic E-state index is -3.77. The molecule has 3 heterocycles. The van der Waals surface area contributed by atoms with Crippen molar-refractivity contribution in [1.29, 1.82) is 0 Å². The van der Waals surface area contributed by atoms with Crippen molar-refractivity contribution in [3.63, 3.8) is 0 Å². The van der Waals surface area contributed by atoms with Gasteiger partial charge in [0.25, 0.3) is 0 Å². The Labute approximate surface area is 234 Å². The molecule has 1 atom stereocenters. The molecule has 210 valence electrons. The standard InChI is InChI=1S/C27H33ClN4O6S/c1-27(2,3)38-26(34)31-13-15-32(16-14-31)39(35,36)20-8-5-18(6-9-20)21(17-19-7-12-24(33)29-19)23-11-10-22(28)25(30-23)37-4/h5-6,8-11,17,19H,7,12-16H2,1-4H3,(H,29,33)/t19-/m1/s1. The molecular weight excluding hydrogens is 544 g/mol. The first kappa shape index (κ1) is 28.8. The Hall–Kier alpha value is -3.15. The van der Waals surface area contributed by atoms with Crippen LogP contribution >= 0.6 is 11.6 Å². The lowest BCUT2D eigenvalue weighted by Crippen LogP contribution is -2.51. The first-order valence-corrected chi connectivity index (χ1v) is 14.5. The summed E-state index contributed by atoms with van der Waals surface area (Å²) in [4.78, 5) is 30.3. The van der Waals surface area contributed by atoms with Crippen molar-refractivity contribution in [2.45, 2.75) is 50.2 Å². The van der Waals surface area contributed by atoms with Gasteiger partial charge in [-0.15, -0.1) is 0 Å². The van der Waals surface area contributed by atoms with Gasteiger partial charge in [0.2, 0.25) is 21.8 Å². The fourth-order valence-electron chi connectivity index (χ4n) is 4.40. The van der Waals surface area contributed by atoms with Gasteiger partial charge in [-0.1, -0.05) is 29.8 Å². The minimum Gasteiger partial charge on any atom is -0.480 e. The predicted octanol–water partition coefficient (Wildman–Crippen LogP) is 3.70. The van der Waals surface area contributed by atoms with Crippen molar-refractivity contribution in [3.8, 4) is 5.88 Å². The third-order valence-corrected chi connectivity index (χ3v) is 8.57. The van der Waals surface area contributed by atoms with Crippen LogP contribution in [0, 0.1) is 0 Å². The fraction of sp³-hybridized carbons (Fsp3) is 0.444. The van der Waals surface area contributed by atoms with E-state index in [2.05, 4.69) is 10.3 Å². The number of carbonyl (C=O) groups is 2. The highest BCUT2D eigenvalue weighted by Crippen LogP contribution is 2.30. The number of nitrogens with one attached hydrogen (secondary N) is 1. The third kappa shape index (κ3) is 6.90. The summed E-state index contributed by atoms with van der Waals surface area (Å²) >= 11 is 6.17. The number of piperazine rings is 1. The van der Waals surface area contributed by atoms with Crippen LogP contribution in [0.3, 0.4) is 0 Å². The lowest BCUT2D eigenvalue weighted by Gasteiger charge is -2.35. The van der Waals surface area contributed by atoms with Crippen molar-refractivity contribution in [1.82, 2.24) is 19.5 Å². The molecule has 1 aromatic carbocycles. The number of hydrogen-bond acceptors (Lipinski definition) is 7. The highest BCUT2D eigenvalue weighted by atomic mass is 35.5. The van der Waals surface area contributed by atoms with E-state index in [9.17, 15) is 18.0 Å². The summed E-state index contributed by atoms with van der Waals surface area (Å²) in [5.74, 6) is 0.241. The van der Waals surface area contributed by atoms with Gasteiger partial charge in [-0.25, -0.2) is 18.2 Å². The lowest BCUT2D eigenvalue weighted by molar-refractivity contribution is -0.119. The molecule has 12 heteroatoms. The van der Waals surface area contributed by atoms with Crippen LogP contribution in [0.15, 0.2) is 47.4 Å². The Bertz CT molecular complexity index is 1360.